The van der Waals surface area contributed by atoms with E-state index in [1.54, 1.807) is 7.11 Å². The lowest BCUT2D eigenvalue weighted by molar-refractivity contribution is -0.185. The Bertz CT molecular complexity index is 745. The number of likely N-dealkylation sites (tertiary alicyclic amines) is 1. The van der Waals surface area contributed by atoms with E-state index in [4.69, 9.17) is 9.47 Å². The van der Waals surface area contributed by atoms with Gasteiger partial charge in [-0.1, -0.05) is 6.07 Å². The average molecular weight is 341 g/mol. The number of methoxy groups -OCH3 is 1. The molecule has 1 unspecified atom stereocenters. The Morgan fingerprint density at radius 1 is 1.28 bits per heavy atom. The van der Waals surface area contributed by atoms with Crippen LogP contribution in [-0.2, 0) is 11.8 Å². The van der Waals surface area contributed by atoms with Gasteiger partial charge in [0.05, 0.1) is 18.1 Å². The summed E-state index contributed by atoms with van der Waals surface area (Å²) in [5.41, 5.74) is 1.82. The van der Waals surface area contributed by atoms with Gasteiger partial charge in [0.15, 0.2) is 11.5 Å². The van der Waals surface area contributed by atoms with E-state index in [0.29, 0.717) is 0 Å². The third-order valence-corrected chi connectivity index (χ3v) is 7.87. The van der Waals surface area contributed by atoms with Crippen molar-refractivity contribution in [2.75, 3.05) is 20.2 Å². The molecule has 4 heteroatoms. The quantitative estimate of drug-likeness (QED) is 0.918. The molecule has 4 nitrogen and oxygen atoms in total. The predicted octanol–water partition coefficient (Wildman–Crippen LogP) is 2.65. The summed E-state index contributed by atoms with van der Waals surface area (Å²) in [7, 11) is 1.72. The van der Waals surface area contributed by atoms with Gasteiger partial charge >= 0.3 is 0 Å². The summed E-state index contributed by atoms with van der Waals surface area (Å²) in [4.78, 5) is 2.62. The number of benzene rings is 1. The number of piperidine rings is 1. The van der Waals surface area contributed by atoms with Gasteiger partial charge in [0.1, 0.15) is 6.10 Å². The monoisotopic (exact) mass is 341 g/mol. The van der Waals surface area contributed by atoms with E-state index in [0.717, 1.165) is 56.1 Å². The molecule has 1 spiro atoms. The maximum atomic E-state index is 12.1. The lowest BCUT2D eigenvalue weighted by Crippen LogP contribution is -2.75. The largest absolute Gasteiger partial charge is 0.493 e. The van der Waals surface area contributed by atoms with Crippen LogP contribution in [0, 0.1) is 5.92 Å². The lowest BCUT2D eigenvalue weighted by Gasteiger charge is -2.63. The minimum Gasteiger partial charge on any atom is -0.493 e. The highest BCUT2D eigenvalue weighted by Crippen LogP contribution is 2.65. The standard InChI is InChI=1S/C21H27NO3/c1-24-15-7-6-14-11-16-21(23)8-2-3-17-20(21,18(14)19(15)25-17)9-10-22(16)12-13-4-5-13/h6-7,13,16-17,23H,2-5,8-12H2,1H3/t16-,17?,20-,21-/m1/s1. The fraction of sp³-hybridized carbons (Fsp3) is 0.714. The van der Waals surface area contributed by atoms with Gasteiger partial charge in [0.2, 0.25) is 0 Å². The first kappa shape index (κ1) is 14.9. The van der Waals surface area contributed by atoms with Crippen molar-refractivity contribution in [1.29, 1.82) is 0 Å². The van der Waals surface area contributed by atoms with Gasteiger partial charge < -0.3 is 14.6 Å². The van der Waals surface area contributed by atoms with Crippen molar-refractivity contribution in [2.24, 2.45) is 5.92 Å². The molecule has 4 atom stereocenters. The van der Waals surface area contributed by atoms with Gasteiger partial charge in [-0.3, -0.25) is 4.90 Å². The van der Waals surface area contributed by atoms with Crippen LogP contribution in [0.5, 0.6) is 11.5 Å². The van der Waals surface area contributed by atoms with Crippen LogP contribution in [0.1, 0.15) is 49.7 Å². The summed E-state index contributed by atoms with van der Waals surface area (Å²) in [6.07, 6.45) is 7.85. The minimum absolute atomic E-state index is 0.113. The van der Waals surface area contributed by atoms with Crippen molar-refractivity contribution in [3.63, 3.8) is 0 Å². The van der Waals surface area contributed by atoms with Gasteiger partial charge in [-0.15, -0.1) is 0 Å². The van der Waals surface area contributed by atoms with Crippen LogP contribution >= 0.6 is 0 Å². The van der Waals surface area contributed by atoms with Crippen LogP contribution in [0.2, 0.25) is 0 Å². The molecule has 25 heavy (non-hydrogen) atoms. The highest BCUT2D eigenvalue weighted by atomic mass is 16.5. The summed E-state index contributed by atoms with van der Waals surface area (Å²) in [5, 5.41) is 12.1. The number of hydrogen-bond donors (Lipinski definition) is 1. The highest BCUT2D eigenvalue weighted by molar-refractivity contribution is 5.62. The maximum Gasteiger partial charge on any atom is 0.165 e. The molecule has 1 saturated heterocycles. The molecule has 0 aromatic heterocycles. The van der Waals surface area contributed by atoms with Gasteiger partial charge in [0, 0.05) is 18.2 Å². The van der Waals surface area contributed by atoms with Crippen LogP contribution in [-0.4, -0.2) is 48.0 Å². The second kappa shape index (κ2) is 4.72. The molecule has 0 radical (unpaired) electrons. The molecule has 134 valence electrons. The van der Waals surface area contributed by atoms with Crippen molar-refractivity contribution >= 4 is 0 Å². The first-order valence-electron chi connectivity index (χ1n) is 10.0. The second-order valence-electron chi connectivity index (χ2n) is 8.93. The zero-order valence-corrected chi connectivity index (χ0v) is 15.0. The Morgan fingerprint density at radius 3 is 2.96 bits per heavy atom. The molecule has 0 amide bonds. The summed E-state index contributed by atoms with van der Waals surface area (Å²) in [6, 6.07) is 4.54. The molecule has 1 aromatic carbocycles. The summed E-state index contributed by atoms with van der Waals surface area (Å²) < 4.78 is 12.1. The van der Waals surface area contributed by atoms with Gasteiger partial charge in [-0.05, 0) is 69.0 Å². The van der Waals surface area contributed by atoms with E-state index in [9.17, 15) is 5.11 Å². The molecular formula is C21H27NO3. The van der Waals surface area contributed by atoms with E-state index >= 15 is 0 Å². The number of aliphatic hydroxyl groups is 1. The van der Waals surface area contributed by atoms with E-state index in [-0.39, 0.29) is 17.6 Å². The number of hydrogen-bond acceptors (Lipinski definition) is 4. The molecule has 2 aliphatic heterocycles. The first-order chi connectivity index (χ1) is 12.2. The predicted molar refractivity (Wildman–Crippen MR) is 94.3 cm³/mol. The van der Waals surface area contributed by atoms with Crippen molar-refractivity contribution in [1.82, 2.24) is 4.90 Å². The average Bonchev–Trinajstić information content (AvgIpc) is 3.35. The smallest absolute Gasteiger partial charge is 0.165 e. The van der Waals surface area contributed by atoms with Crippen LogP contribution in [0.25, 0.3) is 0 Å². The van der Waals surface area contributed by atoms with Crippen molar-refractivity contribution < 1.29 is 14.6 Å². The third kappa shape index (κ3) is 1.66. The zero-order valence-electron chi connectivity index (χ0n) is 15.0. The van der Waals surface area contributed by atoms with Crippen molar-refractivity contribution in [3.8, 4) is 11.5 Å². The maximum absolute atomic E-state index is 12.1. The first-order valence-corrected chi connectivity index (χ1v) is 10.0. The Hall–Kier alpha value is -1.26. The molecule has 6 rings (SSSR count). The Kier molecular flexibility index (Phi) is 2.80. The fourth-order valence-electron chi connectivity index (χ4n) is 6.63. The SMILES string of the molecule is COc1ccc2c3c1OC1CCC[C@@]4(O)[C@@H](C2)N(CC2CC2)CC[C@]314. The zero-order chi connectivity index (χ0) is 16.8. The molecule has 1 N–H and O–H groups in total. The normalized spacial score (nSPS) is 41.2. The summed E-state index contributed by atoms with van der Waals surface area (Å²) in [6.45, 7) is 2.27. The second-order valence-corrected chi connectivity index (χ2v) is 8.93. The molecule has 1 aromatic rings. The molecule has 3 fully saturated rings. The van der Waals surface area contributed by atoms with Gasteiger partial charge in [-0.2, -0.15) is 0 Å². The molecule has 2 saturated carbocycles. The van der Waals surface area contributed by atoms with Crippen molar-refractivity contribution in [2.45, 2.75) is 68.1 Å². The molecule has 2 heterocycles. The van der Waals surface area contributed by atoms with E-state index in [1.165, 1.54) is 30.5 Å². The van der Waals surface area contributed by atoms with E-state index in [2.05, 4.69) is 17.0 Å². The Labute approximate surface area is 149 Å². The lowest BCUT2D eigenvalue weighted by atomic mass is 9.49. The van der Waals surface area contributed by atoms with Crippen molar-refractivity contribution in [3.05, 3.63) is 23.3 Å². The summed E-state index contributed by atoms with van der Waals surface area (Å²) >= 11 is 0. The van der Waals surface area contributed by atoms with Crippen LogP contribution in [0.3, 0.4) is 0 Å². The number of nitrogens with zero attached hydrogens (tertiary/aromatic N) is 1. The van der Waals surface area contributed by atoms with Crippen LogP contribution < -0.4 is 9.47 Å². The number of rotatable bonds is 3. The topological polar surface area (TPSA) is 41.9 Å². The minimum atomic E-state index is -0.645. The fourth-order valence-corrected chi connectivity index (χ4v) is 6.63. The van der Waals surface area contributed by atoms with Gasteiger partial charge in [0.25, 0.3) is 0 Å². The van der Waals surface area contributed by atoms with Crippen LogP contribution in [0.15, 0.2) is 12.1 Å². The van der Waals surface area contributed by atoms with Gasteiger partial charge in [-0.25, -0.2) is 0 Å². The number of ether oxygens (including phenoxy) is 2. The highest BCUT2D eigenvalue weighted by Gasteiger charge is 2.71. The Balaban J connectivity index is 1.55. The molecule has 2 bridgehead atoms. The molecule has 5 aliphatic rings. The summed E-state index contributed by atoms with van der Waals surface area (Å²) in [5.74, 6) is 2.63. The van der Waals surface area contributed by atoms with E-state index < -0.39 is 5.60 Å². The van der Waals surface area contributed by atoms with Crippen LogP contribution in [0.4, 0.5) is 0 Å². The van der Waals surface area contributed by atoms with E-state index in [1.807, 2.05) is 0 Å². The third-order valence-electron chi connectivity index (χ3n) is 7.87. The Morgan fingerprint density at radius 2 is 2.16 bits per heavy atom. The molecule has 3 aliphatic carbocycles. The molecular weight excluding hydrogens is 314 g/mol.